The number of carbonyl (C=O) groups excluding carboxylic acids is 1. The molecule has 0 aliphatic rings. The molecule has 3 aromatic rings. The van der Waals surface area contributed by atoms with Gasteiger partial charge in [0.25, 0.3) is 5.91 Å². The van der Waals surface area contributed by atoms with Crippen LogP contribution < -0.4 is 5.32 Å². The van der Waals surface area contributed by atoms with E-state index in [4.69, 9.17) is 0 Å². The maximum absolute atomic E-state index is 12.4. The van der Waals surface area contributed by atoms with Crippen LogP contribution in [0.25, 0.3) is 5.69 Å². The molecular weight excluding hydrogens is 378 g/mol. The third-order valence-corrected chi connectivity index (χ3v) is 4.74. The number of benzene rings is 2. The van der Waals surface area contributed by atoms with Crippen LogP contribution in [0.15, 0.2) is 59.1 Å². The topological polar surface area (TPSA) is 46.9 Å². The Morgan fingerprint density at radius 1 is 1.12 bits per heavy atom. The standard InChI is InChI=1S/C20H20BrN3O/c1-13(2)15-8-10-16(11-9-15)24-14(3)12-19(23-24)22-20(25)17-6-4-5-7-18(17)21/h4-13H,1-3H3,(H,22,23,25). The quantitative estimate of drug-likeness (QED) is 0.647. The summed E-state index contributed by atoms with van der Waals surface area (Å²) >= 11 is 3.40. The first-order chi connectivity index (χ1) is 12.0. The van der Waals surface area contributed by atoms with Crippen molar-refractivity contribution in [2.75, 3.05) is 5.32 Å². The van der Waals surface area contributed by atoms with Crippen molar-refractivity contribution in [1.82, 2.24) is 9.78 Å². The van der Waals surface area contributed by atoms with Crippen LogP contribution in [0.1, 0.15) is 41.4 Å². The number of carbonyl (C=O) groups is 1. The molecule has 0 fully saturated rings. The highest BCUT2D eigenvalue weighted by molar-refractivity contribution is 9.10. The molecule has 5 heteroatoms. The van der Waals surface area contributed by atoms with Gasteiger partial charge in [0.2, 0.25) is 0 Å². The van der Waals surface area contributed by atoms with E-state index in [1.165, 1.54) is 5.56 Å². The molecule has 0 unspecified atom stereocenters. The molecule has 0 atom stereocenters. The molecule has 0 saturated heterocycles. The van der Waals surface area contributed by atoms with Gasteiger partial charge in [-0.3, -0.25) is 4.79 Å². The molecule has 1 aromatic heterocycles. The third-order valence-electron chi connectivity index (χ3n) is 4.05. The van der Waals surface area contributed by atoms with E-state index in [9.17, 15) is 4.79 Å². The molecule has 2 aromatic carbocycles. The molecule has 1 amide bonds. The zero-order valence-corrected chi connectivity index (χ0v) is 16.0. The van der Waals surface area contributed by atoms with Gasteiger partial charge in [-0.1, -0.05) is 38.1 Å². The second-order valence-electron chi connectivity index (χ2n) is 6.26. The van der Waals surface area contributed by atoms with Crippen LogP contribution in [0.5, 0.6) is 0 Å². The third kappa shape index (κ3) is 3.82. The Morgan fingerprint density at radius 3 is 2.44 bits per heavy atom. The Hall–Kier alpha value is -2.40. The molecule has 0 radical (unpaired) electrons. The van der Waals surface area contributed by atoms with Crippen LogP contribution in [-0.4, -0.2) is 15.7 Å². The lowest BCUT2D eigenvalue weighted by atomic mass is 10.0. The Labute approximate surface area is 156 Å². The van der Waals surface area contributed by atoms with Gasteiger partial charge in [0.1, 0.15) is 0 Å². The predicted octanol–water partition coefficient (Wildman–Crippen LogP) is 5.32. The van der Waals surface area contributed by atoms with Gasteiger partial charge in [-0.2, -0.15) is 0 Å². The second-order valence-corrected chi connectivity index (χ2v) is 7.12. The molecule has 0 spiro atoms. The summed E-state index contributed by atoms with van der Waals surface area (Å²) in [6.45, 7) is 6.31. The summed E-state index contributed by atoms with van der Waals surface area (Å²) in [5.41, 5.74) is 3.80. The SMILES string of the molecule is Cc1cc(NC(=O)c2ccccc2Br)nn1-c1ccc(C(C)C)cc1. The fourth-order valence-electron chi connectivity index (χ4n) is 2.63. The highest BCUT2D eigenvalue weighted by Crippen LogP contribution is 2.21. The van der Waals surface area contributed by atoms with Crippen molar-refractivity contribution in [2.45, 2.75) is 26.7 Å². The average molecular weight is 398 g/mol. The van der Waals surface area contributed by atoms with E-state index in [1.54, 1.807) is 6.07 Å². The van der Waals surface area contributed by atoms with Gasteiger partial charge in [-0.25, -0.2) is 4.68 Å². The number of aryl methyl sites for hydroxylation is 1. The number of aromatic nitrogens is 2. The van der Waals surface area contributed by atoms with E-state index in [2.05, 4.69) is 64.5 Å². The summed E-state index contributed by atoms with van der Waals surface area (Å²) in [4.78, 5) is 12.4. The van der Waals surface area contributed by atoms with Gasteiger partial charge in [-0.05, 0) is 58.6 Å². The number of nitrogens with zero attached hydrogens (tertiary/aromatic N) is 2. The van der Waals surface area contributed by atoms with Gasteiger partial charge in [-0.15, -0.1) is 5.10 Å². The van der Waals surface area contributed by atoms with E-state index >= 15 is 0 Å². The molecule has 1 N–H and O–H groups in total. The Morgan fingerprint density at radius 2 is 1.80 bits per heavy atom. The first kappa shape index (κ1) is 17.4. The Kier molecular flexibility index (Phi) is 5.04. The van der Waals surface area contributed by atoms with Crippen molar-refractivity contribution in [3.05, 3.63) is 75.9 Å². The normalized spacial score (nSPS) is 10.9. The number of halogens is 1. The van der Waals surface area contributed by atoms with Gasteiger partial charge in [0, 0.05) is 16.2 Å². The summed E-state index contributed by atoms with van der Waals surface area (Å²) in [5.74, 6) is 0.838. The minimum absolute atomic E-state index is 0.188. The smallest absolute Gasteiger partial charge is 0.258 e. The molecule has 128 valence electrons. The molecule has 0 saturated carbocycles. The summed E-state index contributed by atoms with van der Waals surface area (Å²) in [5, 5.41) is 7.38. The molecule has 0 aliphatic carbocycles. The van der Waals surface area contributed by atoms with Gasteiger partial charge >= 0.3 is 0 Å². The predicted molar refractivity (Wildman–Crippen MR) is 104 cm³/mol. The van der Waals surface area contributed by atoms with Gasteiger partial charge in [0.15, 0.2) is 5.82 Å². The lowest BCUT2D eigenvalue weighted by Crippen LogP contribution is -2.13. The van der Waals surface area contributed by atoms with Gasteiger partial charge in [0.05, 0.1) is 11.3 Å². The number of nitrogens with one attached hydrogen (secondary N) is 1. The lowest BCUT2D eigenvalue weighted by molar-refractivity contribution is 0.102. The van der Waals surface area contributed by atoms with E-state index in [0.717, 1.165) is 15.9 Å². The fraction of sp³-hybridized carbons (Fsp3) is 0.200. The van der Waals surface area contributed by atoms with Crippen molar-refractivity contribution < 1.29 is 4.79 Å². The molecule has 4 nitrogen and oxygen atoms in total. The van der Waals surface area contributed by atoms with Crippen molar-refractivity contribution in [1.29, 1.82) is 0 Å². The zero-order valence-electron chi connectivity index (χ0n) is 14.5. The minimum atomic E-state index is -0.188. The minimum Gasteiger partial charge on any atom is -0.305 e. The van der Waals surface area contributed by atoms with Crippen LogP contribution in [0.2, 0.25) is 0 Å². The second kappa shape index (κ2) is 7.23. The van der Waals surface area contributed by atoms with E-state index < -0.39 is 0 Å². The van der Waals surface area contributed by atoms with Crippen LogP contribution in [0.4, 0.5) is 5.82 Å². The number of hydrogen-bond donors (Lipinski definition) is 1. The Balaban J connectivity index is 1.83. The lowest BCUT2D eigenvalue weighted by Gasteiger charge is -2.08. The van der Waals surface area contributed by atoms with Crippen molar-refractivity contribution in [2.24, 2.45) is 0 Å². The van der Waals surface area contributed by atoms with Crippen molar-refractivity contribution in [3.8, 4) is 5.69 Å². The summed E-state index contributed by atoms with van der Waals surface area (Å²) < 4.78 is 2.59. The largest absolute Gasteiger partial charge is 0.305 e. The van der Waals surface area contributed by atoms with Crippen LogP contribution in [-0.2, 0) is 0 Å². The molecule has 3 rings (SSSR count). The highest BCUT2D eigenvalue weighted by atomic mass is 79.9. The first-order valence-electron chi connectivity index (χ1n) is 8.18. The molecular formula is C20H20BrN3O. The molecule has 1 heterocycles. The first-order valence-corrected chi connectivity index (χ1v) is 8.98. The molecule has 0 bridgehead atoms. The van der Waals surface area contributed by atoms with E-state index in [1.807, 2.05) is 35.9 Å². The average Bonchev–Trinajstić information content (AvgIpc) is 2.95. The maximum atomic E-state index is 12.4. The zero-order chi connectivity index (χ0) is 18.0. The summed E-state index contributed by atoms with van der Waals surface area (Å²) in [6.07, 6.45) is 0. The Bertz CT molecular complexity index is 898. The molecule has 25 heavy (non-hydrogen) atoms. The van der Waals surface area contributed by atoms with Crippen molar-refractivity contribution >= 4 is 27.7 Å². The number of hydrogen-bond acceptors (Lipinski definition) is 2. The fourth-order valence-corrected chi connectivity index (χ4v) is 3.09. The summed E-state index contributed by atoms with van der Waals surface area (Å²) in [6, 6.07) is 17.5. The van der Waals surface area contributed by atoms with E-state index in [0.29, 0.717) is 17.3 Å². The van der Waals surface area contributed by atoms with E-state index in [-0.39, 0.29) is 5.91 Å². The van der Waals surface area contributed by atoms with Crippen LogP contribution in [0, 0.1) is 6.92 Å². The number of anilines is 1. The van der Waals surface area contributed by atoms with Crippen LogP contribution >= 0.6 is 15.9 Å². The maximum Gasteiger partial charge on any atom is 0.258 e. The summed E-state index contributed by atoms with van der Waals surface area (Å²) in [7, 11) is 0. The van der Waals surface area contributed by atoms with Crippen molar-refractivity contribution in [3.63, 3.8) is 0 Å². The van der Waals surface area contributed by atoms with Gasteiger partial charge < -0.3 is 5.32 Å². The monoisotopic (exact) mass is 397 g/mol. The number of rotatable bonds is 4. The molecule has 0 aliphatic heterocycles. The number of amides is 1. The highest BCUT2D eigenvalue weighted by Gasteiger charge is 2.13. The van der Waals surface area contributed by atoms with Crippen LogP contribution in [0.3, 0.4) is 0 Å².